The molecule has 1 aliphatic rings. The zero-order valence-electron chi connectivity index (χ0n) is 32.0. The van der Waals surface area contributed by atoms with Gasteiger partial charge in [-0.25, -0.2) is 34.0 Å². The fraction of sp³-hybridized carbons (Fsp3) is 0.378. The van der Waals surface area contributed by atoms with E-state index in [1.165, 1.54) is 36.9 Å². The standard InChI is InChI=1S/C37H42N12O7/c1-7-13-46-31-27(33(50)48(15-9-3)36(46)54)39-29(41-31)21-17-24(56-44-21)26-19(5)20(35(52)53)11-12-23(26)49(16-10-4)34(51)28-32(47(14-8-2)37(49)55)42-30(40-28)22-18-25(38)43-45(22)6/h11-12,17-18H,7-10,13-16H2,1-6H3,(H4-,38,39,40,41,42,43,44,50,51,52,53)/p+1. The van der Waals surface area contributed by atoms with Crippen LogP contribution in [0.25, 0.3) is 45.5 Å². The molecule has 0 fully saturated rings. The van der Waals surface area contributed by atoms with E-state index in [0.717, 1.165) is 0 Å². The Balaban J connectivity index is 1.44. The predicted octanol–water partition coefficient (Wildman–Crippen LogP) is 4.65. The summed E-state index contributed by atoms with van der Waals surface area (Å²) in [5, 5.41) is 18.7. The van der Waals surface area contributed by atoms with Crippen LogP contribution in [0, 0.1) is 6.92 Å². The summed E-state index contributed by atoms with van der Waals surface area (Å²) in [7, 11) is 1.68. The molecule has 5 aromatic heterocycles. The number of nitrogens with one attached hydrogen (secondary N) is 2. The van der Waals surface area contributed by atoms with Crippen LogP contribution in [-0.4, -0.2) is 80.1 Å². The van der Waals surface area contributed by atoms with Crippen molar-refractivity contribution in [2.75, 3.05) is 23.7 Å². The summed E-state index contributed by atoms with van der Waals surface area (Å²) < 4.78 is 9.20. The molecule has 0 saturated carbocycles. The first-order valence-electron chi connectivity index (χ1n) is 18.6. The first-order chi connectivity index (χ1) is 26.8. The number of fused-ring (bicyclic) bond motifs is 2. The maximum atomic E-state index is 15.1. The topological polar surface area (TPSA) is 246 Å². The van der Waals surface area contributed by atoms with Crippen molar-refractivity contribution in [3.63, 3.8) is 0 Å². The number of anilines is 2. The number of hydrogen-bond acceptors (Lipinski definition) is 11. The molecule has 0 saturated heterocycles. The van der Waals surface area contributed by atoms with E-state index in [-0.39, 0.29) is 93.6 Å². The molecule has 6 heterocycles. The SMILES string of the molecule is CCCN1C(=O)[N+](CCC)(c2ccc(C(=O)O)c(C)c2-c2cc(-c3nc4c([nH]3)c(=O)n(CCC)c(=O)n4CCC)no2)C(=O)c2[nH]c(-c3cc(N)nn3C)nc21. The second kappa shape index (κ2) is 14.2. The molecule has 292 valence electrons. The highest BCUT2D eigenvalue weighted by atomic mass is 16.5. The molecule has 6 aromatic rings. The quantitative estimate of drug-likeness (QED) is 0.117. The number of benzene rings is 1. The highest BCUT2D eigenvalue weighted by molar-refractivity contribution is 6.25. The Kier molecular flexibility index (Phi) is 9.57. The number of urea groups is 1. The van der Waals surface area contributed by atoms with Gasteiger partial charge < -0.3 is 25.3 Å². The lowest BCUT2D eigenvalue weighted by Gasteiger charge is -2.39. The van der Waals surface area contributed by atoms with Gasteiger partial charge in [0.15, 0.2) is 40.3 Å². The summed E-state index contributed by atoms with van der Waals surface area (Å²) in [4.78, 5) is 86.3. The Labute approximate surface area is 319 Å². The van der Waals surface area contributed by atoms with Crippen molar-refractivity contribution in [1.82, 2.24) is 48.5 Å². The van der Waals surface area contributed by atoms with Crippen molar-refractivity contribution in [3.05, 3.63) is 61.9 Å². The molecular formula is C37H43N12O7+. The van der Waals surface area contributed by atoms with E-state index >= 15 is 9.59 Å². The van der Waals surface area contributed by atoms with Gasteiger partial charge >= 0.3 is 23.6 Å². The maximum Gasteiger partial charge on any atom is 0.437 e. The monoisotopic (exact) mass is 767 g/mol. The van der Waals surface area contributed by atoms with Gasteiger partial charge in [-0.3, -0.25) is 18.6 Å². The molecular weight excluding hydrogens is 724 g/mol. The maximum absolute atomic E-state index is 15.1. The smallest absolute Gasteiger partial charge is 0.437 e. The summed E-state index contributed by atoms with van der Waals surface area (Å²) in [5.41, 5.74) is 6.44. The van der Waals surface area contributed by atoms with Gasteiger partial charge in [0.1, 0.15) is 22.7 Å². The van der Waals surface area contributed by atoms with Crippen molar-refractivity contribution in [3.8, 4) is 34.4 Å². The Morgan fingerprint density at radius 1 is 0.929 bits per heavy atom. The molecule has 0 aliphatic carbocycles. The highest BCUT2D eigenvalue weighted by Crippen LogP contribution is 2.45. The van der Waals surface area contributed by atoms with E-state index < -0.39 is 33.6 Å². The third-order valence-corrected chi connectivity index (χ3v) is 10.0. The molecule has 1 unspecified atom stereocenters. The zero-order valence-corrected chi connectivity index (χ0v) is 32.0. The highest BCUT2D eigenvalue weighted by Gasteiger charge is 2.58. The Morgan fingerprint density at radius 3 is 2.29 bits per heavy atom. The molecule has 5 N–H and O–H groups in total. The molecule has 0 radical (unpaired) electrons. The number of H-pyrrole nitrogens is 2. The number of imide groups is 1. The summed E-state index contributed by atoms with van der Waals surface area (Å²) in [6.45, 7) is 9.88. The lowest BCUT2D eigenvalue weighted by Crippen LogP contribution is -2.67. The van der Waals surface area contributed by atoms with E-state index in [9.17, 15) is 19.5 Å². The van der Waals surface area contributed by atoms with Gasteiger partial charge in [0.05, 0.1) is 17.7 Å². The molecule has 19 heteroatoms. The number of carbonyl (C=O) groups excluding carboxylic acids is 2. The second-order valence-corrected chi connectivity index (χ2v) is 13.8. The lowest BCUT2D eigenvalue weighted by atomic mass is 9.95. The molecule has 1 aliphatic heterocycles. The van der Waals surface area contributed by atoms with Crippen LogP contribution in [0.15, 0.2) is 38.4 Å². The van der Waals surface area contributed by atoms with Crippen LogP contribution in [-0.2, 0) is 20.1 Å². The van der Waals surface area contributed by atoms with Gasteiger partial charge in [-0.1, -0.05) is 32.9 Å². The second-order valence-electron chi connectivity index (χ2n) is 13.8. The van der Waals surface area contributed by atoms with Crippen molar-refractivity contribution in [1.29, 1.82) is 0 Å². The number of carbonyl (C=O) groups is 3. The van der Waals surface area contributed by atoms with Gasteiger partial charge in [0.25, 0.3) is 5.56 Å². The largest absolute Gasteiger partial charge is 0.478 e. The van der Waals surface area contributed by atoms with E-state index in [0.29, 0.717) is 37.9 Å². The van der Waals surface area contributed by atoms with Crippen LogP contribution < -0.4 is 26.4 Å². The van der Waals surface area contributed by atoms with E-state index in [2.05, 4.69) is 25.2 Å². The summed E-state index contributed by atoms with van der Waals surface area (Å²) in [6, 6.07) is 5.36. The molecule has 1 aromatic carbocycles. The number of rotatable bonds is 13. The summed E-state index contributed by atoms with van der Waals surface area (Å²) in [6.07, 6.45) is 2.09. The number of aryl methyl sites for hydroxylation is 2. The van der Waals surface area contributed by atoms with Crippen molar-refractivity contribution in [2.45, 2.75) is 73.4 Å². The first-order valence-corrected chi connectivity index (χ1v) is 18.6. The van der Waals surface area contributed by atoms with E-state index in [1.807, 2.05) is 27.7 Å². The number of nitrogen functional groups attached to an aromatic ring is 1. The van der Waals surface area contributed by atoms with Crippen LogP contribution in [0.3, 0.4) is 0 Å². The molecule has 3 amide bonds. The van der Waals surface area contributed by atoms with Crippen molar-refractivity contribution < 1.29 is 24.0 Å². The summed E-state index contributed by atoms with van der Waals surface area (Å²) >= 11 is 0. The van der Waals surface area contributed by atoms with E-state index in [4.69, 9.17) is 15.2 Å². The number of carboxylic acid groups (broad SMARTS) is 1. The number of imidazole rings is 2. The van der Waals surface area contributed by atoms with Gasteiger partial charge in [-0.2, -0.15) is 5.10 Å². The number of hydrogen-bond donors (Lipinski definition) is 4. The molecule has 7 rings (SSSR count). The van der Waals surface area contributed by atoms with Crippen LogP contribution in [0.2, 0.25) is 0 Å². The molecule has 56 heavy (non-hydrogen) atoms. The fourth-order valence-electron chi connectivity index (χ4n) is 7.60. The third-order valence-electron chi connectivity index (χ3n) is 10.0. The molecule has 0 bridgehead atoms. The average Bonchev–Trinajstić information content (AvgIpc) is 3.98. The first kappa shape index (κ1) is 37.7. The van der Waals surface area contributed by atoms with Crippen LogP contribution in [0.5, 0.6) is 0 Å². The number of aromatic carboxylic acids is 1. The number of aromatic amines is 2. The van der Waals surface area contributed by atoms with Crippen LogP contribution >= 0.6 is 0 Å². The molecule has 19 nitrogen and oxygen atoms in total. The minimum atomic E-state index is -1.23. The number of carboxylic acids is 1. The van der Waals surface area contributed by atoms with Gasteiger partial charge in [0.2, 0.25) is 0 Å². The zero-order chi connectivity index (χ0) is 40.2. The number of quaternary nitrogens is 1. The average molecular weight is 768 g/mol. The Bertz CT molecular complexity index is 2670. The fourth-order valence-corrected chi connectivity index (χ4v) is 7.60. The van der Waals surface area contributed by atoms with Crippen LogP contribution in [0.4, 0.5) is 22.1 Å². The minimum Gasteiger partial charge on any atom is -0.478 e. The lowest BCUT2D eigenvalue weighted by molar-refractivity contribution is 0.0695. The number of amides is 3. The Morgan fingerprint density at radius 2 is 1.64 bits per heavy atom. The van der Waals surface area contributed by atoms with Crippen molar-refractivity contribution >= 4 is 46.4 Å². The third kappa shape index (κ3) is 5.64. The van der Waals surface area contributed by atoms with Gasteiger partial charge in [-0.05, 0) is 44.2 Å². The molecule has 0 spiro atoms. The van der Waals surface area contributed by atoms with Gasteiger partial charge in [-0.15, -0.1) is 4.48 Å². The van der Waals surface area contributed by atoms with Crippen molar-refractivity contribution in [2.24, 2.45) is 7.05 Å². The minimum absolute atomic E-state index is 0.00670. The normalized spacial score (nSPS) is 15.6. The van der Waals surface area contributed by atoms with Gasteiger partial charge in [0, 0.05) is 44.9 Å². The summed E-state index contributed by atoms with van der Waals surface area (Å²) in [5.74, 6) is -0.970. The number of nitrogens with two attached hydrogens (primary N) is 1. The number of nitrogens with zero attached hydrogens (tertiary/aromatic N) is 9. The molecule has 1 atom stereocenters. The predicted molar refractivity (Wildman–Crippen MR) is 207 cm³/mol. The Hall–Kier alpha value is -6.63. The van der Waals surface area contributed by atoms with Crippen LogP contribution in [0.1, 0.15) is 79.8 Å². The number of aromatic nitrogens is 9. The van der Waals surface area contributed by atoms with E-state index in [1.54, 1.807) is 20.0 Å².